The van der Waals surface area contributed by atoms with Crippen molar-refractivity contribution in [2.24, 2.45) is 0 Å². The molecule has 1 rings (SSSR count). The van der Waals surface area contributed by atoms with E-state index in [1.807, 2.05) is 0 Å². The lowest BCUT2D eigenvalue weighted by Gasteiger charge is -2.11. The zero-order valence-corrected chi connectivity index (χ0v) is 7.83. The summed E-state index contributed by atoms with van der Waals surface area (Å²) in [4.78, 5) is 21.7. The summed E-state index contributed by atoms with van der Waals surface area (Å²) in [7, 11) is 0. The predicted octanol–water partition coefficient (Wildman–Crippen LogP) is -1.56. The van der Waals surface area contributed by atoms with Crippen LogP contribution in [0.5, 0.6) is 0 Å². The Morgan fingerprint density at radius 3 is 2.73 bits per heavy atom. The van der Waals surface area contributed by atoms with Gasteiger partial charge in [0.25, 0.3) is 0 Å². The topological polar surface area (TPSA) is 104 Å². The zero-order valence-electron chi connectivity index (χ0n) is 7.83. The highest BCUT2D eigenvalue weighted by Gasteiger charge is 2.18. The highest BCUT2D eigenvalue weighted by Crippen LogP contribution is 1.87. The second kappa shape index (κ2) is 5.11. The summed E-state index contributed by atoms with van der Waals surface area (Å²) in [6.07, 6.45) is 3.09. The number of aliphatic carboxylic acids is 1. The molecular weight excluding hydrogens is 202 g/mol. The summed E-state index contributed by atoms with van der Waals surface area (Å²) in [5, 5.41) is 23.1. The van der Waals surface area contributed by atoms with Crippen LogP contribution in [0.25, 0.3) is 0 Å². The summed E-state index contributed by atoms with van der Waals surface area (Å²) in [5.74, 6) is -1.79. The number of carbonyl (C=O) groups excluding carboxylic acids is 1. The number of carbonyl (C=O) groups is 2. The molecule has 0 unspecified atom stereocenters. The largest absolute Gasteiger partial charge is 0.480 e. The number of amides is 1. The van der Waals surface area contributed by atoms with Gasteiger partial charge in [-0.2, -0.15) is 5.10 Å². The maximum absolute atomic E-state index is 11.2. The van der Waals surface area contributed by atoms with Crippen molar-refractivity contribution < 1.29 is 19.8 Å². The molecule has 1 aromatic rings. The summed E-state index contributed by atoms with van der Waals surface area (Å²) in [6.45, 7) is -0.711. The molecule has 0 saturated heterocycles. The zero-order chi connectivity index (χ0) is 11.3. The second-order valence-corrected chi connectivity index (χ2v) is 2.84. The Balaban J connectivity index is 2.45. The van der Waals surface area contributed by atoms with Crippen LogP contribution in [0.15, 0.2) is 18.5 Å². The van der Waals surface area contributed by atoms with E-state index < -0.39 is 24.5 Å². The fraction of sp³-hybridized carbons (Fsp3) is 0.375. The molecule has 0 saturated carbocycles. The highest BCUT2D eigenvalue weighted by atomic mass is 16.4. The van der Waals surface area contributed by atoms with Crippen molar-refractivity contribution in [1.82, 2.24) is 15.1 Å². The minimum atomic E-state index is -1.27. The lowest BCUT2D eigenvalue weighted by Crippen LogP contribution is -2.44. The van der Waals surface area contributed by atoms with Gasteiger partial charge in [0, 0.05) is 12.4 Å². The smallest absolute Gasteiger partial charge is 0.328 e. The summed E-state index contributed by atoms with van der Waals surface area (Å²) < 4.78 is 1.35. The van der Waals surface area contributed by atoms with E-state index in [9.17, 15) is 9.59 Å². The normalized spacial score (nSPS) is 12.1. The van der Waals surface area contributed by atoms with E-state index in [0.29, 0.717) is 0 Å². The molecule has 0 radical (unpaired) electrons. The first kappa shape index (κ1) is 11.2. The van der Waals surface area contributed by atoms with Crippen LogP contribution in [0.4, 0.5) is 0 Å². The number of nitrogens with one attached hydrogen (secondary N) is 1. The third kappa shape index (κ3) is 3.39. The first-order chi connectivity index (χ1) is 7.13. The Bertz CT molecular complexity index is 336. The molecule has 0 bridgehead atoms. The summed E-state index contributed by atoms with van der Waals surface area (Å²) in [6, 6.07) is 0.377. The standard InChI is InChI=1S/C8H11N3O4/c12-5-6(8(14)15)10-7(13)4-11-3-1-2-9-11/h1-3,6,12H,4-5H2,(H,10,13)(H,14,15)/t6-/m0/s1. The van der Waals surface area contributed by atoms with Crippen LogP contribution in [0.1, 0.15) is 0 Å². The van der Waals surface area contributed by atoms with Gasteiger partial charge in [-0.05, 0) is 6.07 Å². The molecule has 1 aromatic heterocycles. The van der Waals surface area contributed by atoms with E-state index in [1.165, 1.54) is 10.9 Å². The molecular formula is C8H11N3O4. The number of hydrogen-bond acceptors (Lipinski definition) is 4. The van der Waals surface area contributed by atoms with Crippen molar-refractivity contribution >= 4 is 11.9 Å². The molecule has 7 heteroatoms. The molecule has 7 nitrogen and oxygen atoms in total. The highest BCUT2D eigenvalue weighted by molar-refractivity contribution is 5.83. The first-order valence-electron chi connectivity index (χ1n) is 4.24. The molecule has 1 amide bonds. The van der Waals surface area contributed by atoms with E-state index in [1.54, 1.807) is 12.3 Å². The van der Waals surface area contributed by atoms with Gasteiger partial charge in [0.2, 0.25) is 5.91 Å². The van der Waals surface area contributed by atoms with Gasteiger partial charge in [0.05, 0.1) is 6.61 Å². The summed E-state index contributed by atoms with van der Waals surface area (Å²) in [5.41, 5.74) is 0. The number of aromatic nitrogens is 2. The Kier molecular flexibility index (Phi) is 3.81. The third-order valence-corrected chi connectivity index (χ3v) is 1.68. The molecule has 15 heavy (non-hydrogen) atoms. The van der Waals surface area contributed by atoms with Crippen LogP contribution in [0.2, 0.25) is 0 Å². The van der Waals surface area contributed by atoms with Crippen LogP contribution in [-0.4, -0.2) is 44.5 Å². The van der Waals surface area contributed by atoms with Gasteiger partial charge >= 0.3 is 5.97 Å². The van der Waals surface area contributed by atoms with E-state index in [4.69, 9.17) is 10.2 Å². The monoisotopic (exact) mass is 213 g/mol. The lowest BCUT2D eigenvalue weighted by atomic mass is 10.3. The van der Waals surface area contributed by atoms with E-state index in [-0.39, 0.29) is 6.54 Å². The number of rotatable bonds is 5. The van der Waals surface area contributed by atoms with Crippen LogP contribution < -0.4 is 5.32 Å². The molecule has 1 atom stereocenters. The van der Waals surface area contributed by atoms with Gasteiger partial charge in [-0.3, -0.25) is 9.48 Å². The van der Waals surface area contributed by atoms with Gasteiger partial charge < -0.3 is 15.5 Å². The Hall–Kier alpha value is -1.89. The van der Waals surface area contributed by atoms with E-state index in [0.717, 1.165) is 0 Å². The van der Waals surface area contributed by atoms with E-state index in [2.05, 4.69) is 10.4 Å². The van der Waals surface area contributed by atoms with Crippen LogP contribution in [-0.2, 0) is 16.1 Å². The number of carboxylic acid groups (broad SMARTS) is 1. The second-order valence-electron chi connectivity index (χ2n) is 2.84. The van der Waals surface area contributed by atoms with Gasteiger partial charge in [-0.25, -0.2) is 4.79 Å². The quantitative estimate of drug-likeness (QED) is 0.549. The SMILES string of the molecule is O=C(Cn1cccn1)N[C@@H](CO)C(=O)O. The fourth-order valence-electron chi connectivity index (χ4n) is 0.967. The molecule has 82 valence electrons. The molecule has 3 N–H and O–H groups in total. The van der Waals surface area contributed by atoms with Crippen molar-refractivity contribution in [3.05, 3.63) is 18.5 Å². The lowest BCUT2D eigenvalue weighted by molar-refractivity contribution is -0.143. The Labute approximate surface area is 85.3 Å². The molecule has 0 aliphatic carbocycles. The maximum atomic E-state index is 11.2. The average Bonchev–Trinajstić information content (AvgIpc) is 2.66. The molecule has 0 fully saturated rings. The average molecular weight is 213 g/mol. The van der Waals surface area contributed by atoms with E-state index >= 15 is 0 Å². The summed E-state index contributed by atoms with van der Waals surface area (Å²) >= 11 is 0. The Morgan fingerprint density at radius 1 is 1.53 bits per heavy atom. The van der Waals surface area contributed by atoms with Crippen molar-refractivity contribution in [3.63, 3.8) is 0 Å². The van der Waals surface area contributed by atoms with Crippen molar-refractivity contribution in [3.8, 4) is 0 Å². The van der Waals surface area contributed by atoms with Gasteiger partial charge in [-0.1, -0.05) is 0 Å². The predicted molar refractivity (Wildman–Crippen MR) is 48.9 cm³/mol. The minimum absolute atomic E-state index is 0.0726. The maximum Gasteiger partial charge on any atom is 0.328 e. The number of aliphatic hydroxyl groups excluding tert-OH is 1. The minimum Gasteiger partial charge on any atom is -0.480 e. The first-order valence-corrected chi connectivity index (χ1v) is 4.24. The number of aliphatic hydroxyl groups is 1. The van der Waals surface area contributed by atoms with Crippen molar-refractivity contribution in [2.75, 3.05) is 6.61 Å². The molecule has 1 heterocycles. The fourth-order valence-corrected chi connectivity index (χ4v) is 0.967. The van der Waals surface area contributed by atoms with Gasteiger partial charge in [0.1, 0.15) is 12.6 Å². The third-order valence-electron chi connectivity index (χ3n) is 1.68. The molecule has 0 aromatic carbocycles. The molecule has 0 aliphatic heterocycles. The van der Waals surface area contributed by atoms with Crippen LogP contribution in [0.3, 0.4) is 0 Å². The number of nitrogens with zero attached hydrogens (tertiary/aromatic N) is 2. The molecule has 0 aliphatic rings. The van der Waals surface area contributed by atoms with Gasteiger partial charge in [0.15, 0.2) is 0 Å². The molecule has 0 spiro atoms. The number of carboxylic acids is 1. The van der Waals surface area contributed by atoms with Gasteiger partial charge in [-0.15, -0.1) is 0 Å². The van der Waals surface area contributed by atoms with Crippen LogP contribution >= 0.6 is 0 Å². The Morgan fingerprint density at radius 2 is 2.27 bits per heavy atom. The van der Waals surface area contributed by atoms with Crippen molar-refractivity contribution in [2.45, 2.75) is 12.6 Å². The van der Waals surface area contributed by atoms with Crippen molar-refractivity contribution in [1.29, 1.82) is 0 Å². The van der Waals surface area contributed by atoms with Crippen LogP contribution in [0, 0.1) is 0 Å². The number of hydrogen-bond donors (Lipinski definition) is 3.